The molecule has 198 valence electrons. The molecule has 0 radical (unpaired) electrons. The number of hydrogen-bond acceptors (Lipinski definition) is 4. The van der Waals surface area contributed by atoms with Crippen molar-refractivity contribution in [3.8, 4) is 17.2 Å². The van der Waals surface area contributed by atoms with Crippen LogP contribution in [0.15, 0.2) is 48.5 Å². The van der Waals surface area contributed by atoms with Crippen molar-refractivity contribution >= 4 is 11.7 Å². The Morgan fingerprint density at radius 2 is 1.62 bits per heavy atom. The molecule has 0 aromatic heterocycles. The Labute approximate surface area is 212 Å². The predicted octanol–water partition coefficient (Wildman–Crippen LogP) is 6.05. The van der Waals surface area contributed by atoms with Crippen molar-refractivity contribution in [3.63, 3.8) is 0 Å². The normalized spacial score (nSPS) is 16.6. The number of rotatable bonds is 9. The van der Waals surface area contributed by atoms with Crippen LogP contribution in [-0.2, 0) is 4.79 Å². The highest BCUT2D eigenvalue weighted by molar-refractivity contribution is 5.94. The van der Waals surface area contributed by atoms with E-state index in [1.165, 1.54) is 49.4 Å². The molecule has 0 spiro atoms. The van der Waals surface area contributed by atoms with Crippen LogP contribution in [0.3, 0.4) is 0 Å². The van der Waals surface area contributed by atoms with E-state index in [0.29, 0.717) is 10.5 Å². The van der Waals surface area contributed by atoms with E-state index in [2.05, 4.69) is 0 Å². The summed E-state index contributed by atoms with van der Waals surface area (Å²) in [6.45, 7) is 4.80. The third-order valence-electron chi connectivity index (χ3n) is 6.51. The van der Waals surface area contributed by atoms with Gasteiger partial charge in [-0.15, -0.1) is 0 Å². The van der Waals surface area contributed by atoms with Gasteiger partial charge >= 0.3 is 12.1 Å². The number of halogens is 5. The van der Waals surface area contributed by atoms with Crippen LogP contribution in [0, 0.1) is 17.2 Å². The van der Waals surface area contributed by atoms with Crippen LogP contribution in [0.4, 0.5) is 22.0 Å². The number of nitrogens with two attached hydrogens (primary N) is 1. The van der Waals surface area contributed by atoms with E-state index in [-0.39, 0.29) is 42.1 Å². The molecule has 0 saturated heterocycles. The second kappa shape index (κ2) is 10.2. The summed E-state index contributed by atoms with van der Waals surface area (Å²) in [4.78, 5) is 25.5. The van der Waals surface area contributed by atoms with E-state index in [1.54, 1.807) is 19.9 Å². The molecule has 5 nitrogen and oxygen atoms in total. The first-order valence-corrected chi connectivity index (χ1v) is 11.8. The molecule has 0 heterocycles. The Morgan fingerprint density at radius 1 is 1.05 bits per heavy atom. The molecule has 1 saturated carbocycles. The van der Waals surface area contributed by atoms with E-state index in [9.17, 15) is 28.0 Å². The molecule has 10 heteroatoms. The lowest BCUT2D eigenvalue weighted by atomic mass is 9.88. The Morgan fingerprint density at radius 3 is 2.08 bits per heavy atom. The van der Waals surface area contributed by atoms with Gasteiger partial charge in [0, 0.05) is 5.56 Å². The quantitative estimate of drug-likeness (QED) is 0.321. The molecule has 0 aliphatic heterocycles. The van der Waals surface area contributed by atoms with Crippen LogP contribution in [-0.4, -0.2) is 40.3 Å². The van der Waals surface area contributed by atoms with Gasteiger partial charge in [0.05, 0.1) is 12.1 Å². The summed E-state index contributed by atoms with van der Waals surface area (Å²) in [7, 11) is 0. The maximum Gasteiger partial charge on any atom is 0.455 e. The van der Waals surface area contributed by atoms with Crippen molar-refractivity contribution in [3.05, 3.63) is 59.7 Å². The number of Topliss-reactive ketones (excluding diaryl/α,β-unsaturated/α-hetero) is 1. The zero-order chi connectivity index (χ0) is 27.8. The van der Waals surface area contributed by atoms with Crippen LogP contribution < -0.4 is 5.73 Å². The van der Waals surface area contributed by atoms with Gasteiger partial charge in [-0.2, -0.15) is 27.2 Å². The molecular formula is C27H28F5N3O2. The van der Waals surface area contributed by atoms with E-state index >= 15 is 8.78 Å². The third kappa shape index (κ3) is 5.52. The second-order valence-corrected chi connectivity index (χ2v) is 9.83. The van der Waals surface area contributed by atoms with Gasteiger partial charge in [-0.05, 0) is 48.8 Å². The summed E-state index contributed by atoms with van der Waals surface area (Å²) in [5.41, 5.74) is 4.29. The SMILES string of the molecule is CC(=O)c1ccc(-c2ccccc2[C@H](N(C(=O)[C@@H](N)CC(C)C)C2(C#N)CC2)C(F)(F)C(F)(F)F)cc1. The van der Waals surface area contributed by atoms with Crippen molar-refractivity contribution in [1.29, 1.82) is 5.26 Å². The van der Waals surface area contributed by atoms with E-state index in [1.807, 2.05) is 0 Å². The molecule has 1 aliphatic rings. The van der Waals surface area contributed by atoms with Gasteiger partial charge in [0.15, 0.2) is 5.78 Å². The van der Waals surface area contributed by atoms with Crippen LogP contribution in [0.25, 0.3) is 11.1 Å². The van der Waals surface area contributed by atoms with Gasteiger partial charge in [0.25, 0.3) is 0 Å². The summed E-state index contributed by atoms with van der Waals surface area (Å²) in [5, 5.41) is 9.83. The number of ketones is 1. The number of amides is 1. The van der Waals surface area contributed by atoms with Crippen molar-refractivity contribution in [2.75, 3.05) is 0 Å². The van der Waals surface area contributed by atoms with Crippen LogP contribution in [0.1, 0.15) is 62.0 Å². The van der Waals surface area contributed by atoms with Gasteiger partial charge < -0.3 is 10.6 Å². The molecule has 2 atom stereocenters. The lowest BCUT2D eigenvalue weighted by Crippen LogP contribution is -2.58. The minimum atomic E-state index is -6.03. The second-order valence-electron chi connectivity index (χ2n) is 9.83. The lowest BCUT2D eigenvalue weighted by molar-refractivity contribution is -0.305. The third-order valence-corrected chi connectivity index (χ3v) is 6.51. The average molecular weight is 522 g/mol. The van der Waals surface area contributed by atoms with E-state index in [4.69, 9.17) is 5.73 Å². The summed E-state index contributed by atoms with van der Waals surface area (Å²) in [6, 6.07) is 8.55. The highest BCUT2D eigenvalue weighted by atomic mass is 19.4. The van der Waals surface area contributed by atoms with Gasteiger partial charge in [-0.25, -0.2) is 0 Å². The lowest BCUT2D eigenvalue weighted by Gasteiger charge is -2.42. The largest absolute Gasteiger partial charge is 0.455 e. The fourth-order valence-corrected chi connectivity index (χ4v) is 4.43. The summed E-state index contributed by atoms with van der Waals surface area (Å²) in [6.07, 6.45) is -6.10. The minimum Gasteiger partial charge on any atom is -0.320 e. The zero-order valence-electron chi connectivity index (χ0n) is 20.7. The number of carbonyl (C=O) groups is 2. The highest BCUT2D eigenvalue weighted by Crippen LogP contribution is 2.55. The van der Waals surface area contributed by atoms with Crippen molar-refractivity contribution in [2.24, 2.45) is 11.7 Å². The number of carbonyl (C=O) groups excluding carboxylic acids is 2. The number of nitriles is 1. The molecule has 2 aromatic rings. The molecule has 0 bridgehead atoms. The molecular weight excluding hydrogens is 493 g/mol. The molecule has 0 unspecified atom stereocenters. The van der Waals surface area contributed by atoms with Crippen molar-refractivity contribution in [1.82, 2.24) is 4.90 Å². The minimum absolute atomic E-state index is 0.00972. The maximum absolute atomic E-state index is 15.5. The first-order valence-electron chi connectivity index (χ1n) is 11.8. The molecule has 37 heavy (non-hydrogen) atoms. The summed E-state index contributed by atoms with van der Waals surface area (Å²) >= 11 is 0. The van der Waals surface area contributed by atoms with Crippen molar-refractivity contribution in [2.45, 2.75) is 69.8 Å². The molecule has 3 rings (SSSR count). The fourth-order valence-electron chi connectivity index (χ4n) is 4.43. The molecule has 2 aromatic carbocycles. The van der Waals surface area contributed by atoms with Gasteiger partial charge in [-0.1, -0.05) is 62.4 Å². The van der Waals surface area contributed by atoms with Crippen LogP contribution in [0.5, 0.6) is 0 Å². The number of nitrogens with zero attached hydrogens (tertiary/aromatic N) is 2. The fraction of sp³-hybridized carbons (Fsp3) is 0.444. The average Bonchev–Trinajstić information content (AvgIpc) is 3.62. The Balaban J connectivity index is 2.29. The smallest absolute Gasteiger partial charge is 0.320 e. The molecule has 1 aliphatic carbocycles. The van der Waals surface area contributed by atoms with Crippen LogP contribution in [0.2, 0.25) is 0 Å². The Hall–Kier alpha value is -3.32. The van der Waals surface area contributed by atoms with E-state index in [0.717, 1.165) is 6.07 Å². The molecule has 1 fully saturated rings. The van der Waals surface area contributed by atoms with Gasteiger partial charge in [-0.3, -0.25) is 9.59 Å². The highest BCUT2D eigenvalue weighted by Gasteiger charge is 2.69. The standard InChI is InChI=1S/C27H28F5N3O2/c1-16(2)14-22(34)24(37)35(25(15-33)12-13-25)23(26(28,29)27(30,31)32)21-7-5-4-6-20(21)19-10-8-18(9-11-19)17(3)36/h4-11,16,22-23H,12-14,34H2,1-3H3/t22-,23-/m0/s1. The first kappa shape index (κ1) is 28.3. The maximum atomic E-state index is 15.5. The summed E-state index contributed by atoms with van der Waals surface area (Å²) in [5.74, 6) is -6.95. The summed E-state index contributed by atoms with van der Waals surface area (Å²) < 4.78 is 72.8. The first-order chi connectivity index (χ1) is 17.2. The Kier molecular flexibility index (Phi) is 7.80. The zero-order valence-corrected chi connectivity index (χ0v) is 20.7. The topological polar surface area (TPSA) is 87.2 Å². The van der Waals surface area contributed by atoms with Crippen molar-refractivity contribution < 1.29 is 31.5 Å². The predicted molar refractivity (Wildman–Crippen MR) is 127 cm³/mol. The van der Waals surface area contributed by atoms with E-state index < -0.39 is 41.2 Å². The number of hydrogen-bond donors (Lipinski definition) is 1. The molecule has 2 N–H and O–H groups in total. The van der Waals surface area contributed by atoms with Crippen LogP contribution >= 0.6 is 0 Å². The number of alkyl halides is 5. The Bertz CT molecular complexity index is 1200. The molecule has 1 amide bonds. The van der Waals surface area contributed by atoms with Gasteiger partial charge in [0.1, 0.15) is 11.6 Å². The van der Waals surface area contributed by atoms with Gasteiger partial charge in [0.2, 0.25) is 5.91 Å². The number of benzene rings is 2. The monoisotopic (exact) mass is 521 g/mol.